The SMILES string of the molecule is CC=C(C)C(=O)OC1CC(C)=CC(OC(=O)C(C)=CC)C2(C)C(O)CC(O)(C(C)C)C12. The molecule has 0 spiro atoms. The molecule has 0 saturated heterocycles. The number of allylic oxidation sites excluding steroid dienone is 2. The Kier molecular flexibility index (Phi) is 7.59. The number of carbonyl (C=O) groups is 2. The topological polar surface area (TPSA) is 93.1 Å². The van der Waals surface area contributed by atoms with E-state index in [4.69, 9.17) is 9.47 Å². The summed E-state index contributed by atoms with van der Waals surface area (Å²) in [6, 6.07) is 0. The van der Waals surface area contributed by atoms with Gasteiger partial charge in [-0.2, -0.15) is 0 Å². The molecule has 174 valence electrons. The molecule has 1 saturated carbocycles. The van der Waals surface area contributed by atoms with Gasteiger partial charge >= 0.3 is 11.9 Å². The van der Waals surface area contributed by atoms with E-state index in [9.17, 15) is 19.8 Å². The van der Waals surface area contributed by atoms with Crippen LogP contribution in [0.5, 0.6) is 0 Å². The summed E-state index contributed by atoms with van der Waals surface area (Å²) in [7, 11) is 0. The first-order chi connectivity index (χ1) is 14.3. The monoisotopic (exact) mass is 434 g/mol. The first-order valence-corrected chi connectivity index (χ1v) is 11.1. The second-order valence-corrected chi connectivity index (χ2v) is 9.64. The number of ether oxygens (including phenoxy) is 2. The van der Waals surface area contributed by atoms with Crippen LogP contribution in [-0.2, 0) is 19.1 Å². The summed E-state index contributed by atoms with van der Waals surface area (Å²) >= 11 is 0. The fourth-order valence-corrected chi connectivity index (χ4v) is 4.97. The van der Waals surface area contributed by atoms with Gasteiger partial charge in [0, 0.05) is 35.3 Å². The summed E-state index contributed by atoms with van der Waals surface area (Å²) in [4.78, 5) is 25.3. The zero-order valence-corrected chi connectivity index (χ0v) is 20.1. The number of rotatable bonds is 5. The van der Waals surface area contributed by atoms with E-state index in [1.807, 2.05) is 33.8 Å². The highest BCUT2D eigenvalue weighted by atomic mass is 16.6. The molecule has 1 fully saturated rings. The van der Waals surface area contributed by atoms with Crippen LogP contribution in [0.1, 0.15) is 68.2 Å². The molecule has 2 aliphatic rings. The lowest BCUT2D eigenvalue weighted by molar-refractivity contribution is -0.177. The minimum Gasteiger partial charge on any atom is -0.458 e. The molecule has 2 N–H and O–H groups in total. The number of esters is 2. The predicted octanol–water partition coefficient (Wildman–Crippen LogP) is 3.87. The van der Waals surface area contributed by atoms with Crippen LogP contribution in [0.25, 0.3) is 0 Å². The molecule has 0 amide bonds. The summed E-state index contributed by atoms with van der Waals surface area (Å²) < 4.78 is 11.8. The molecule has 6 heteroatoms. The second-order valence-electron chi connectivity index (χ2n) is 9.64. The third-order valence-electron chi connectivity index (χ3n) is 7.39. The Morgan fingerprint density at radius 1 is 1.13 bits per heavy atom. The molecule has 0 aromatic heterocycles. The number of hydrogen-bond donors (Lipinski definition) is 2. The molecule has 0 heterocycles. The Morgan fingerprint density at radius 2 is 1.65 bits per heavy atom. The van der Waals surface area contributed by atoms with Crippen LogP contribution in [0.15, 0.2) is 34.9 Å². The molecule has 0 radical (unpaired) electrons. The highest BCUT2D eigenvalue weighted by Crippen LogP contribution is 2.58. The van der Waals surface area contributed by atoms with Crippen LogP contribution in [0.4, 0.5) is 0 Å². The van der Waals surface area contributed by atoms with Crippen LogP contribution in [0.2, 0.25) is 0 Å². The zero-order valence-electron chi connectivity index (χ0n) is 20.1. The van der Waals surface area contributed by atoms with Crippen molar-refractivity contribution < 1.29 is 29.3 Å². The summed E-state index contributed by atoms with van der Waals surface area (Å²) in [6.07, 6.45) is 3.32. The minimum absolute atomic E-state index is 0.117. The van der Waals surface area contributed by atoms with Gasteiger partial charge in [0.05, 0.1) is 11.7 Å². The van der Waals surface area contributed by atoms with Gasteiger partial charge in [0.2, 0.25) is 0 Å². The van der Waals surface area contributed by atoms with Gasteiger partial charge in [-0.25, -0.2) is 9.59 Å². The second kappa shape index (κ2) is 9.29. The minimum atomic E-state index is -1.29. The quantitative estimate of drug-likeness (QED) is 0.388. The van der Waals surface area contributed by atoms with E-state index in [-0.39, 0.29) is 12.3 Å². The maximum atomic E-state index is 12.7. The summed E-state index contributed by atoms with van der Waals surface area (Å²) in [5, 5.41) is 23.0. The predicted molar refractivity (Wildman–Crippen MR) is 119 cm³/mol. The smallest absolute Gasteiger partial charge is 0.333 e. The molecule has 6 atom stereocenters. The zero-order chi connectivity index (χ0) is 23.7. The van der Waals surface area contributed by atoms with Crippen molar-refractivity contribution in [1.29, 1.82) is 0 Å². The number of fused-ring (bicyclic) bond motifs is 1. The molecule has 6 unspecified atom stereocenters. The summed E-state index contributed by atoms with van der Waals surface area (Å²) in [5.74, 6) is -1.75. The van der Waals surface area contributed by atoms with Crippen LogP contribution < -0.4 is 0 Å². The van der Waals surface area contributed by atoms with Crippen LogP contribution >= 0.6 is 0 Å². The lowest BCUT2D eigenvalue weighted by Gasteiger charge is -2.45. The fourth-order valence-electron chi connectivity index (χ4n) is 4.97. The van der Waals surface area contributed by atoms with E-state index in [1.54, 1.807) is 39.8 Å². The molecule has 0 aliphatic heterocycles. The fraction of sp³-hybridized carbons (Fsp3) is 0.680. The van der Waals surface area contributed by atoms with Crippen molar-refractivity contribution in [1.82, 2.24) is 0 Å². The van der Waals surface area contributed by atoms with Crippen molar-refractivity contribution >= 4 is 11.9 Å². The standard InChI is InChI=1S/C25H38O6/c1-9-16(6)22(27)30-18-11-15(5)12-20(31-23(28)17(7)10-2)24(8)19(26)13-25(29,14(3)4)21(18)24/h9-10,12,14,18-21,26,29H,11,13H2,1-8H3. The normalized spacial score (nSPS) is 36.5. The van der Waals surface area contributed by atoms with Crippen LogP contribution in [0, 0.1) is 17.3 Å². The molecule has 0 aromatic carbocycles. The Hall–Kier alpha value is -1.92. The van der Waals surface area contributed by atoms with Crippen molar-refractivity contribution in [2.45, 2.75) is 92.1 Å². The van der Waals surface area contributed by atoms with E-state index in [1.165, 1.54) is 0 Å². The first kappa shape index (κ1) is 25.3. The lowest BCUT2D eigenvalue weighted by Crippen LogP contribution is -2.54. The third kappa shape index (κ3) is 4.51. The van der Waals surface area contributed by atoms with Gasteiger partial charge in [0.25, 0.3) is 0 Å². The largest absolute Gasteiger partial charge is 0.458 e. The Bertz CT molecular complexity index is 807. The maximum Gasteiger partial charge on any atom is 0.333 e. The number of carbonyl (C=O) groups excluding carboxylic acids is 2. The number of aliphatic hydroxyl groups excluding tert-OH is 1. The third-order valence-corrected chi connectivity index (χ3v) is 7.39. The van der Waals surface area contributed by atoms with Gasteiger partial charge in [-0.05, 0) is 46.6 Å². The van der Waals surface area contributed by atoms with Crippen molar-refractivity contribution in [2.24, 2.45) is 17.3 Å². The number of hydrogen-bond acceptors (Lipinski definition) is 6. The Balaban J connectivity index is 2.61. The maximum absolute atomic E-state index is 12.7. The summed E-state index contributed by atoms with van der Waals surface area (Å²) in [6.45, 7) is 14.4. The molecule has 0 aromatic rings. The van der Waals surface area contributed by atoms with Crippen LogP contribution in [-0.4, -0.2) is 46.1 Å². The van der Waals surface area contributed by atoms with E-state index in [2.05, 4.69) is 0 Å². The van der Waals surface area contributed by atoms with Crippen molar-refractivity contribution in [2.75, 3.05) is 0 Å². The molecular formula is C25H38O6. The van der Waals surface area contributed by atoms with Gasteiger partial charge in [-0.3, -0.25) is 0 Å². The molecule has 31 heavy (non-hydrogen) atoms. The van der Waals surface area contributed by atoms with E-state index < -0.39 is 47.2 Å². The van der Waals surface area contributed by atoms with Crippen molar-refractivity contribution in [3.63, 3.8) is 0 Å². The van der Waals surface area contributed by atoms with Crippen LogP contribution in [0.3, 0.4) is 0 Å². The average Bonchev–Trinajstić information content (AvgIpc) is 2.85. The lowest BCUT2D eigenvalue weighted by atomic mass is 9.66. The summed E-state index contributed by atoms with van der Waals surface area (Å²) in [5.41, 5.74) is -0.503. The van der Waals surface area contributed by atoms with Crippen molar-refractivity contribution in [3.8, 4) is 0 Å². The van der Waals surface area contributed by atoms with E-state index in [0.717, 1.165) is 5.57 Å². The highest BCUT2D eigenvalue weighted by Gasteiger charge is 2.67. The molecule has 0 bridgehead atoms. The highest BCUT2D eigenvalue weighted by molar-refractivity contribution is 5.88. The average molecular weight is 435 g/mol. The van der Waals surface area contributed by atoms with Gasteiger partial charge in [-0.1, -0.05) is 38.5 Å². The van der Waals surface area contributed by atoms with Gasteiger partial charge in [-0.15, -0.1) is 0 Å². The molecular weight excluding hydrogens is 396 g/mol. The van der Waals surface area contributed by atoms with Crippen molar-refractivity contribution in [3.05, 3.63) is 34.9 Å². The first-order valence-electron chi connectivity index (χ1n) is 11.1. The van der Waals surface area contributed by atoms with Gasteiger partial charge < -0.3 is 19.7 Å². The molecule has 2 aliphatic carbocycles. The molecule has 2 rings (SSSR count). The van der Waals surface area contributed by atoms with Gasteiger partial charge in [0.1, 0.15) is 12.2 Å². The van der Waals surface area contributed by atoms with Gasteiger partial charge in [0.15, 0.2) is 0 Å². The molecule has 6 nitrogen and oxygen atoms in total. The van der Waals surface area contributed by atoms with E-state index >= 15 is 0 Å². The number of aliphatic hydroxyl groups is 2. The Morgan fingerprint density at radius 3 is 2.13 bits per heavy atom. The van der Waals surface area contributed by atoms with E-state index in [0.29, 0.717) is 17.6 Å². The Labute approximate surface area is 186 Å².